The molecule has 0 spiro atoms. The van der Waals surface area contributed by atoms with Crippen LogP contribution < -0.4 is 5.32 Å². The number of carbonyl (C=O) groups is 1. The maximum absolute atomic E-state index is 13.6. The minimum atomic E-state index is -4.71. The van der Waals surface area contributed by atoms with Gasteiger partial charge in [0.15, 0.2) is 17.4 Å². The lowest BCUT2D eigenvalue weighted by Gasteiger charge is -2.22. The number of terminal acetylenes is 1. The summed E-state index contributed by atoms with van der Waals surface area (Å²) in [7, 11) is 0. The van der Waals surface area contributed by atoms with E-state index in [1.165, 1.54) is 30.6 Å². The average molecular weight is 372 g/mol. The van der Waals surface area contributed by atoms with Crippen molar-refractivity contribution in [1.82, 2.24) is 19.7 Å². The number of nitrogens with one attached hydrogen (secondary N) is 1. The number of aromatic nitrogens is 3. The van der Waals surface area contributed by atoms with Crippen molar-refractivity contribution in [2.45, 2.75) is 26.1 Å². The molecule has 0 aliphatic rings. The summed E-state index contributed by atoms with van der Waals surface area (Å²) in [4.78, 5) is 20.7. The lowest BCUT2D eigenvalue weighted by molar-refractivity contribution is -0.155. The second-order valence-electron chi connectivity index (χ2n) is 6.04. The van der Waals surface area contributed by atoms with E-state index in [0.717, 1.165) is 5.69 Å². The van der Waals surface area contributed by atoms with Gasteiger partial charge in [0.1, 0.15) is 6.33 Å². The maximum Gasteiger partial charge on any atom is 0.412 e. The number of amides is 1. The van der Waals surface area contributed by atoms with Crippen molar-refractivity contribution in [2.75, 3.05) is 0 Å². The van der Waals surface area contributed by atoms with Gasteiger partial charge in [0.25, 0.3) is 5.91 Å². The molecule has 1 atom stereocenters. The van der Waals surface area contributed by atoms with Gasteiger partial charge in [-0.25, -0.2) is 9.97 Å². The smallest absolute Gasteiger partial charge is 0.335 e. The molecule has 0 aliphatic heterocycles. The lowest BCUT2D eigenvalue weighted by Crippen LogP contribution is -2.38. The van der Waals surface area contributed by atoms with Gasteiger partial charge in [-0.3, -0.25) is 9.20 Å². The van der Waals surface area contributed by atoms with Crippen molar-refractivity contribution in [3.63, 3.8) is 0 Å². The zero-order valence-corrected chi connectivity index (χ0v) is 14.5. The summed E-state index contributed by atoms with van der Waals surface area (Å²) >= 11 is 0. The van der Waals surface area contributed by atoms with E-state index in [9.17, 15) is 18.0 Å². The molecule has 27 heavy (non-hydrogen) atoms. The van der Waals surface area contributed by atoms with Gasteiger partial charge in [0.05, 0.1) is 0 Å². The Kier molecular flexibility index (Phi) is 4.62. The highest BCUT2D eigenvalue weighted by Gasteiger charge is 2.42. The number of nitrogens with zero attached hydrogens (tertiary/aromatic N) is 3. The van der Waals surface area contributed by atoms with Crippen molar-refractivity contribution in [1.29, 1.82) is 0 Å². The number of rotatable bonds is 3. The van der Waals surface area contributed by atoms with Gasteiger partial charge in [-0.05, 0) is 37.6 Å². The number of fused-ring (bicyclic) bond motifs is 1. The molecule has 1 N–H and O–H groups in total. The van der Waals surface area contributed by atoms with E-state index in [2.05, 4.69) is 15.9 Å². The van der Waals surface area contributed by atoms with E-state index in [1.807, 2.05) is 5.32 Å². The number of carbonyl (C=O) groups excluding carboxylic acids is 1. The Hall–Kier alpha value is -3.34. The maximum atomic E-state index is 13.6. The largest absolute Gasteiger partial charge is 0.412 e. The van der Waals surface area contributed by atoms with Crippen LogP contribution in [0, 0.1) is 26.2 Å². The third kappa shape index (κ3) is 3.62. The summed E-state index contributed by atoms with van der Waals surface area (Å²) in [5, 5.41) is 2.01. The van der Waals surface area contributed by atoms with Gasteiger partial charge in [0, 0.05) is 17.0 Å². The van der Waals surface area contributed by atoms with Crippen LogP contribution in [0.15, 0.2) is 36.7 Å². The number of hydrogen-bond acceptors (Lipinski definition) is 3. The third-order valence-corrected chi connectivity index (χ3v) is 4.03. The molecule has 2 heterocycles. The Morgan fingerprint density at radius 2 is 2.04 bits per heavy atom. The van der Waals surface area contributed by atoms with Crippen molar-refractivity contribution in [3.8, 4) is 12.3 Å². The minimum absolute atomic E-state index is 0.157. The van der Waals surface area contributed by atoms with Crippen LogP contribution in [0.1, 0.15) is 39.0 Å². The van der Waals surface area contributed by atoms with E-state index < -0.39 is 18.1 Å². The monoisotopic (exact) mass is 372 g/mol. The molecular formula is C19H15F3N4O. The first kappa shape index (κ1) is 18.5. The van der Waals surface area contributed by atoms with E-state index in [4.69, 9.17) is 6.42 Å². The summed E-state index contributed by atoms with van der Waals surface area (Å²) in [5.74, 6) is 1.32. The molecule has 0 bridgehead atoms. The summed E-state index contributed by atoms with van der Waals surface area (Å²) < 4.78 is 42.3. The van der Waals surface area contributed by atoms with Gasteiger partial charge in [-0.15, -0.1) is 6.42 Å². The summed E-state index contributed by atoms with van der Waals surface area (Å²) in [5.41, 5.74) is 1.54. The Morgan fingerprint density at radius 3 is 2.70 bits per heavy atom. The van der Waals surface area contributed by atoms with Crippen molar-refractivity contribution < 1.29 is 18.0 Å². The molecule has 0 radical (unpaired) electrons. The predicted octanol–water partition coefficient (Wildman–Crippen LogP) is 3.36. The van der Waals surface area contributed by atoms with Crippen LogP contribution in [0.3, 0.4) is 0 Å². The highest BCUT2D eigenvalue weighted by Crippen LogP contribution is 2.33. The molecule has 0 unspecified atom stereocenters. The first-order chi connectivity index (χ1) is 12.7. The molecule has 1 amide bonds. The highest BCUT2D eigenvalue weighted by atomic mass is 19.4. The molecule has 2 aromatic heterocycles. The quantitative estimate of drug-likeness (QED) is 0.718. The van der Waals surface area contributed by atoms with Gasteiger partial charge in [-0.2, -0.15) is 13.2 Å². The standard InChI is InChI=1S/C19H15F3N4O/c1-4-13-6-5-7-14(9-13)16(19(20,21)22)25-18(27)15-17-24-11(2)8-12(3)26(17)10-23-15/h1,5-10,16H,2-3H3,(H,25,27)/t16-/m0/s1. The Bertz CT molecular complexity index is 1060. The van der Waals surface area contributed by atoms with E-state index in [0.29, 0.717) is 5.69 Å². The fourth-order valence-electron chi connectivity index (χ4n) is 2.80. The number of benzene rings is 1. The number of hydrogen-bond donors (Lipinski definition) is 1. The van der Waals surface area contributed by atoms with Crippen LogP contribution in [0.25, 0.3) is 5.65 Å². The van der Waals surface area contributed by atoms with Crippen LogP contribution in [-0.4, -0.2) is 26.5 Å². The molecule has 0 saturated heterocycles. The zero-order chi connectivity index (χ0) is 19.8. The lowest BCUT2D eigenvalue weighted by atomic mass is 10.0. The zero-order valence-electron chi connectivity index (χ0n) is 14.5. The summed E-state index contributed by atoms with van der Waals surface area (Å²) in [6.45, 7) is 3.51. The third-order valence-electron chi connectivity index (χ3n) is 4.03. The second-order valence-corrected chi connectivity index (χ2v) is 6.04. The molecule has 8 heteroatoms. The van der Waals surface area contributed by atoms with E-state index >= 15 is 0 Å². The molecule has 0 fully saturated rings. The summed E-state index contributed by atoms with van der Waals surface area (Å²) in [6, 6.07) is 4.96. The first-order valence-corrected chi connectivity index (χ1v) is 7.96. The van der Waals surface area contributed by atoms with Crippen LogP contribution in [-0.2, 0) is 0 Å². The molecule has 0 saturated carbocycles. The van der Waals surface area contributed by atoms with Crippen molar-refractivity contribution in [3.05, 3.63) is 64.9 Å². The Morgan fingerprint density at radius 1 is 1.30 bits per heavy atom. The molecule has 3 aromatic rings. The average Bonchev–Trinajstić information content (AvgIpc) is 3.02. The van der Waals surface area contributed by atoms with Crippen molar-refractivity contribution >= 4 is 11.6 Å². The van der Waals surface area contributed by atoms with Crippen molar-refractivity contribution in [2.24, 2.45) is 0 Å². The molecule has 3 rings (SSSR count). The van der Waals surface area contributed by atoms with E-state index in [1.54, 1.807) is 24.3 Å². The predicted molar refractivity (Wildman–Crippen MR) is 93.1 cm³/mol. The SMILES string of the molecule is C#Cc1cccc([C@H](NC(=O)c2ncn3c(C)cc(C)nc23)C(F)(F)F)c1. The number of halogens is 3. The molecule has 1 aromatic carbocycles. The summed E-state index contributed by atoms with van der Waals surface area (Å²) in [6.07, 6.45) is 1.90. The van der Waals surface area contributed by atoms with Crippen LogP contribution in [0.5, 0.6) is 0 Å². The van der Waals surface area contributed by atoms with Gasteiger partial charge >= 0.3 is 6.18 Å². The van der Waals surface area contributed by atoms with Gasteiger partial charge in [0.2, 0.25) is 0 Å². The number of imidazole rings is 1. The van der Waals surface area contributed by atoms with Gasteiger partial charge < -0.3 is 5.32 Å². The second kappa shape index (κ2) is 6.76. The van der Waals surface area contributed by atoms with Crippen LogP contribution in [0.2, 0.25) is 0 Å². The van der Waals surface area contributed by atoms with Crippen LogP contribution in [0.4, 0.5) is 13.2 Å². The molecule has 0 aliphatic carbocycles. The minimum Gasteiger partial charge on any atom is -0.335 e. The number of aryl methyl sites for hydroxylation is 2. The van der Waals surface area contributed by atoms with Gasteiger partial charge in [-0.1, -0.05) is 18.1 Å². The number of alkyl halides is 3. The topological polar surface area (TPSA) is 59.3 Å². The first-order valence-electron chi connectivity index (χ1n) is 7.96. The van der Waals surface area contributed by atoms with E-state index in [-0.39, 0.29) is 22.5 Å². The molecular weight excluding hydrogens is 357 g/mol. The van der Waals surface area contributed by atoms with Crippen LogP contribution >= 0.6 is 0 Å². The Balaban J connectivity index is 2.00. The fourth-order valence-corrected chi connectivity index (χ4v) is 2.80. The Labute approximate surface area is 153 Å². The fraction of sp³-hybridized carbons (Fsp3) is 0.211. The molecule has 5 nitrogen and oxygen atoms in total. The highest BCUT2D eigenvalue weighted by molar-refractivity contribution is 5.98. The molecule has 138 valence electrons. The normalized spacial score (nSPS) is 12.6.